The Bertz CT molecular complexity index is 1350. The van der Waals surface area contributed by atoms with E-state index in [4.69, 9.17) is 26.7 Å². The molecule has 0 radical (unpaired) electrons. The van der Waals surface area contributed by atoms with Gasteiger partial charge in [0.05, 0.1) is 6.04 Å². The van der Waals surface area contributed by atoms with Crippen molar-refractivity contribution in [3.8, 4) is 11.5 Å². The third-order valence-corrected chi connectivity index (χ3v) is 12.3. The minimum atomic E-state index is -0.809. The molecule has 5 atom stereocenters. The van der Waals surface area contributed by atoms with Crippen molar-refractivity contribution in [1.29, 1.82) is 0 Å². The predicted octanol–water partition coefficient (Wildman–Crippen LogP) is 8.79. The van der Waals surface area contributed by atoms with Gasteiger partial charge in [-0.3, -0.25) is 9.59 Å². The van der Waals surface area contributed by atoms with E-state index >= 15 is 0 Å². The smallest absolute Gasteiger partial charge is 0.334 e. The second-order valence-electron chi connectivity index (χ2n) is 18.2. The van der Waals surface area contributed by atoms with E-state index in [1.165, 1.54) is 44.9 Å². The van der Waals surface area contributed by atoms with Crippen LogP contribution in [-0.2, 0) is 20.8 Å². The summed E-state index contributed by atoms with van der Waals surface area (Å²) in [5.41, 5.74) is 20.9. The zero-order valence-electron chi connectivity index (χ0n) is 37.6. The van der Waals surface area contributed by atoms with Crippen molar-refractivity contribution >= 4 is 17.8 Å². The van der Waals surface area contributed by atoms with Crippen LogP contribution in [0.4, 0.5) is 0 Å². The number of carbonyl (C=O) groups excluding carboxylic acids is 3. The number of unbranched alkanes of at least 4 members (excludes halogenated alkanes) is 4. The van der Waals surface area contributed by atoms with Gasteiger partial charge < -0.3 is 37.3 Å². The van der Waals surface area contributed by atoms with Crippen LogP contribution in [0.1, 0.15) is 185 Å². The van der Waals surface area contributed by atoms with E-state index in [9.17, 15) is 14.4 Å². The highest BCUT2D eigenvalue weighted by atomic mass is 16.5. The largest absolute Gasteiger partial charge is 0.487 e. The summed E-state index contributed by atoms with van der Waals surface area (Å²) in [6, 6.07) is -1.37. The maximum atomic E-state index is 13.9. The van der Waals surface area contributed by atoms with E-state index in [1.807, 2.05) is 13.8 Å². The molecule has 1 heterocycles. The van der Waals surface area contributed by atoms with Gasteiger partial charge in [0, 0.05) is 18.5 Å². The molecule has 0 saturated carbocycles. The third-order valence-electron chi connectivity index (χ3n) is 12.3. The fourth-order valence-electron chi connectivity index (χ4n) is 8.16. The molecule has 10 nitrogen and oxygen atoms in total. The van der Waals surface area contributed by atoms with Crippen LogP contribution in [0.15, 0.2) is 0 Å². The van der Waals surface area contributed by atoms with Crippen molar-refractivity contribution in [1.82, 2.24) is 10.6 Å². The molecular formula is C47H85N5O5. The molecule has 10 heteroatoms. The summed E-state index contributed by atoms with van der Waals surface area (Å²) in [5, 5.41) is 5.86. The highest BCUT2D eigenvalue weighted by Gasteiger charge is 2.35. The number of fused-ring (bicyclic) bond motifs is 1. The van der Waals surface area contributed by atoms with E-state index in [1.54, 1.807) is 0 Å². The molecule has 0 spiro atoms. The monoisotopic (exact) mass is 800 g/mol. The molecule has 1 aliphatic heterocycles. The quantitative estimate of drug-likeness (QED) is 0.0292. The molecule has 57 heavy (non-hydrogen) atoms. The third kappa shape index (κ3) is 18.8. The summed E-state index contributed by atoms with van der Waals surface area (Å²) in [7, 11) is 0. The summed E-state index contributed by atoms with van der Waals surface area (Å²) < 4.78 is 13.1. The van der Waals surface area contributed by atoms with Crippen LogP contribution in [0.5, 0.6) is 11.5 Å². The van der Waals surface area contributed by atoms with Gasteiger partial charge in [0.15, 0.2) is 0 Å². The highest BCUT2D eigenvalue weighted by Crippen LogP contribution is 2.45. The molecule has 0 bridgehead atoms. The summed E-state index contributed by atoms with van der Waals surface area (Å²) in [4.78, 5) is 39.2. The molecule has 8 N–H and O–H groups in total. The first kappa shape index (κ1) is 50.5. The number of hydrogen-bond donors (Lipinski definition) is 5. The summed E-state index contributed by atoms with van der Waals surface area (Å²) in [5.74, 6) is 3.02. The van der Waals surface area contributed by atoms with Gasteiger partial charge in [-0.2, -0.15) is 0 Å². The van der Waals surface area contributed by atoms with E-state index in [0.717, 1.165) is 97.1 Å². The normalized spacial score (nSPS) is 17.3. The Morgan fingerprint density at radius 2 is 1.35 bits per heavy atom. The molecule has 2 amide bonds. The van der Waals surface area contributed by atoms with E-state index in [-0.39, 0.29) is 17.4 Å². The van der Waals surface area contributed by atoms with Crippen LogP contribution < -0.4 is 37.3 Å². The van der Waals surface area contributed by atoms with Crippen LogP contribution >= 0.6 is 0 Å². The zero-order valence-corrected chi connectivity index (χ0v) is 37.6. The van der Waals surface area contributed by atoms with Crippen molar-refractivity contribution < 1.29 is 23.9 Å². The van der Waals surface area contributed by atoms with E-state index < -0.39 is 18.1 Å². The molecule has 328 valence electrons. The van der Waals surface area contributed by atoms with Gasteiger partial charge in [0.25, 0.3) is 0 Å². The van der Waals surface area contributed by atoms with Crippen LogP contribution in [0.25, 0.3) is 0 Å². The van der Waals surface area contributed by atoms with Gasteiger partial charge in [-0.15, -0.1) is 0 Å². The Hall–Kier alpha value is -2.69. The highest BCUT2D eigenvalue weighted by molar-refractivity contribution is 5.86. The lowest BCUT2D eigenvalue weighted by atomic mass is 9.83. The molecule has 1 aromatic rings. The molecule has 0 aliphatic carbocycles. The molecule has 1 aliphatic rings. The minimum Gasteiger partial charge on any atom is -0.487 e. The van der Waals surface area contributed by atoms with Gasteiger partial charge in [-0.1, -0.05) is 85.5 Å². The first-order chi connectivity index (χ1) is 27.1. The first-order valence-electron chi connectivity index (χ1n) is 22.9. The molecule has 2 rings (SSSR count). The molecule has 0 unspecified atom stereocenters. The Morgan fingerprint density at radius 1 is 0.737 bits per heavy atom. The first-order valence-corrected chi connectivity index (χ1v) is 22.9. The number of amides is 2. The summed E-state index contributed by atoms with van der Waals surface area (Å²) in [6.45, 7) is 19.4. The topological polar surface area (TPSA) is 172 Å². The Labute approximate surface area is 347 Å². The second kappa shape index (κ2) is 27.1. The maximum absolute atomic E-state index is 13.9. The molecular weight excluding hydrogens is 715 g/mol. The van der Waals surface area contributed by atoms with Gasteiger partial charge in [-0.05, 0) is 146 Å². The van der Waals surface area contributed by atoms with Gasteiger partial charge in [-0.25, -0.2) is 4.79 Å². The Balaban J connectivity index is 2.01. The molecule has 1 aromatic carbocycles. The van der Waals surface area contributed by atoms with E-state index in [0.29, 0.717) is 63.9 Å². The van der Waals surface area contributed by atoms with Crippen molar-refractivity contribution in [2.24, 2.45) is 35.0 Å². The lowest BCUT2D eigenvalue weighted by Gasteiger charge is -2.38. The lowest BCUT2D eigenvalue weighted by molar-refractivity contribution is -0.139. The van der Waals surface area contributed by atoms with Gasteiger partial charge in [0.2, 0.25) is 11.8 Å². The van der Waals surface area contributed by atoms with Crippen LogP contribution in [0, 0.1) is 38.5 Å². The Morgan fingerprint density at radius 3 is 2.00 bits per heavy atom. The molecule has 0 aromatic heterocycles. The van der Waals surface area contributed by atoms with Crippen LogP contribution in [-0.4, -0.2) is 55.1 Å². The fraction of sp³-hybridized carbons (Fsp3) is 0.809. The van der Waals surface area contributed by atoms with Gasteiger partial charge in [0.1, 0.15) is 23.1 Å². The molecule has 0 saturated heterocycles. The molecule has 0 fully saturated rings. The number of hydrogen-bond acceptors (Lipinski definition) is 8. The van der Waals surface area contributed by atoms with Crippen molar-refractivity contribution in [3.63, 3.8) is 0 Å². The maximum Gasteiger partial charge on any atom is 0.334 e. The number of benzene rings is 1. The zero-order chi connectivity index (χ0) is 42.4. The predicted molar refractivity (Wildman–Crippen MR) is 236 cm³/mol. The van der Waals surface area contributed by atoms with E-state index in [2.05, 4.69) is 52.2 Å². The average molecular weight is 800 g/mol. The van der Waals surface area contributed by atoms with Crippen molar-refractivity contribution in [3.05, 3.63) is 22.3 Å². The lowest BCUT2D eigenvalue weighted by Crippen LogP contribution is -2.43. The van der Waals surface area contributed by atoms with Crippen LogP contribution in [0.3, 0.4) is 0 Å². The van der Waals surface area contributed by atoms with Gasteiger partial charge >= 0.3 is 5.97 Å². The number of carbonyl (C=O) groups is 3. The average Bonchev–Trinajstić information content (AvgIpc) is 3.16. The minimum absolute atomic E-state index is 0.176. The number of ether oxygens (including phenoxy) is 2. The van der Waals surface area contributed by atoms with Crippen molar-refractivity contribution in [2.45, 2.75) is 208 Å². The number of esters is 1. The summed E-state index contributed by atoms with van der Waals surface area (Å²) >= 11 is 0. The number of rotatable bonds is 30. The SMILES string of the molecule is Cc1c(C)c2c(c(C)c1OC(=O)[C@H](CCCCNC(=O)[C@@H](N)CCCCN)NC(=O)CCCCCN)CC[C@@](C)(CCC[C@H](C)CCC[C@H](C)CCCC(C)C)O2. The second-order valence-corrected chi connectivity index (χ2v) is 18.2. The fourth-order valence-corrected chi connectivity index (χ4v) is 8.16. The Kier molecular flexibility index (Phi) is 24.0. The van der Waals surface area contributed by atoms with Crippen LogP contribution in [0.2, 0.25) is 0 Å². The van der Waals surface area contributed by atoms with Crippen molar-refractivity contribution in [2.75, 3.05) is 19.6 Å². The number of nitrogens with one attached hydrogen (secondary N) is 2. The number of nitrogens with two attached hydrogens (primary N) is 3. The standard InChI is InChI=1S/C47H85N5O5/c1-33(2)19-16-20-34(3)21-17-22-35(4)23-18-28-47(8)29-27-39-38(7)43(36(5)37(6)44(39)57-47)56-46(55)41(52-42(53)26-10-9-13-30-48)25-12-15-32-51-45(54)40(50)24-11-14-31-49/h33-35,40-41H,9-32,48-50H2,1-8H3,(H,51,54)(H,52,53)/t34-,35-,40+,41+,47-/m1/s1. The summed E-state index contributed by atoms with van der Waals surface area (Å²) in [6.07, 6.45) is 19.8.